The smallest absolute Gasteiger partial charge is 0.225 e. The molecule has 0 radical (unpaired) electrons. The van der Waals surface area contributed by atoms with E-state index < -0.39 is 0 Å². The highest BCUT2D eigenvalue weighted by molar-refractivity contribution is 6.35. The SMILES string of the molecule is COCCn1cnc2c(Cl)nc(Cl)nc21. The van der Waals surface area contributed by atoms with Gasteiger partial charge in [0.05, 0.1) is 12.9 Å². The van der Waals surface area contributed by atoms with E-state index >= 15 is 0 Å². The third-order valence-corrected chi connectivity index (χ3v) is 2.36. The summed E-state index contributed by atoms with van der Waals surface area (Å²) in [6.45, 7) is 1.22. The van der Waals surface area contributed by atoms with Crippen molar-refractivity contribution in [3.05, 3.63) is 16.8 Å². The van der Waals surface area contributed by atoms with Crippen LogP contribution in [-0.2, 0) is 11.3 Å². The van der Waals surface area contributed by atoms with Crippen LogP contribution in [0.25, 0.3) is 11.2 Å². The van der Waals surface area contributed by atoms with Crippen LogP contribution in [0.15, 0.2) is 6.33 Å². The van der Waals surface area contributed by atoms with Gasteiger partial charge in [0, 0.05) is 13.7 Å². The average molecular weight is 247 g/mol. The highest BCUT2D eigenvalue weighted by Gasteiger charge is 2.10. The van der Waals surface area contributed by atoms with E-state index in [9.17, 15) is 0 Å². The van der Waals surface area contributed by atoms with Crippen LogP contribution in [0.5, 0.6) is 0 Å². The maximum Gasteiger partial charge on any atom is 0.225 e. The summed E-state index contributed by atoms with van der Waals surface area (Å²) in [6, 6.07) is 0. The number of imidazole rings is 1. The lowest BCUT2D eigenvalue weighted by Gasteiger charge is -2.02. The molecule has 0 aliphatic heterocycles. The van der Waals surface area contributed by atoms with Crippen LogP contribution < -0.4 is 0 Å². The lowest BCUT2D eigenvalue weighted by molar-refractivity contribution is 0.188. The van der Waals surface area contributed by atoms with Crippen molar-refractivity contribution >= 4 is 34.4 Å². The summed E-state index contributed by atoms with van der Waals surface area (Å²) in [6.07, 6.45) is 1.64. The Morgan fingerprint density at radius 3 is 2.93 bits per heavy atom. The zero-order chi connectivity index (χ0) is 10.8. The lowest BCUT2D eigenvalue weighted by Crippen LogP contribution is -2.03. The Bertz CT molecular complexity index is 485. The van der Waals surface area contributed by atoms with E-state index in [1.165, 1.54) is 0 Å². The number of ether oxygens (including phenoxy) is 1. The fourth-order valence-electron chi connectivity index (χ4n) is 1.24. The van der Waals surface area contributed by atoms with Gasteiger partial charge in [-0.2, -0.15) is 4.98 Å². The summed E-state index contributed by atoms with van der Waals surface area (Å²) in [5, 5.41) is 0.382. The molecule has 80 valence electrons. The molecule has 0 bridgehead atoms. The molecule has 2 aromatic heterocycles. The molecule has 2 aromatic rings. The molecule has 0 aliphatic carbocycles. The largest absolute Gasteiger partial charge is 0.383 e. The first-order valence-corrected chi connectivity index (χ1v) is 5.01. The van der Waals surface area contributed by atoms with Gasteiger partial charge in [0.25, 0.3) is 0 Å². The second-order valence-electron chi connectivity index (χ2n) is 2.89. The van der Waals surface area contributed by atoms with Crippen molar-refractivity contribution in [3.63, 3.8) is 0 Å². The van der Waals surface area contributed by atoms with E-state index in [1.54, 1.807) is 13.4 Å². The number of aromatic nitrogens is 4. The second-order valence-corrected chi connectivity index (χ2v) is 3.58. The van der Waals surface area contributed by atoms with Gasteiger partial charge in [0.2, 0.25) is 5.28 Å². The van der Waals surface area contributed by atoms with Gasteiger partial charge < -0.3 is 9.30 Å². The van der Waals surface area contributed by atoms with Gasteiger partial charge in [-0.05, 0) is 11.6 Å². The summed E-state index contributed by atoms with van der Waals surface area (Å²) in [4.78, 5) is 12.0. The minimum atomic E-state index is 0.117. The molecule has 0 atom stereocenters. The quantitative estimate of drug-likeness (QED) is 0.612. The third-order valence-electron chi connectivity index (χ3n) is 1.93. The molecular formula is C8H8Cl2N4O. The number of hydrogen-bond acceptors (Lipinski definition) is 4. The van der Waals surface area contributed by atoms with Gasteiger partial charge in [0.15, 0.2) is 10.8 Å². The van der Waals surface area contributed by atoms with Gasteiger partial charge in [-0.15, -0.1) is 0 Å². The number of hydrogen-bond donors (Lipinski definition) is 0. The molecule has 15 heavy (non-hydrogen) atoms. The highest BCUT2D eigenvalue weighted by Crippen LogP contribution is 2.20. The Balaban J connectivity index is 2.49. The van der Waals surface area contributed by atoms with E-state index in [2.05, 4.69) is 15.0 Å². The van der Waals surface area contributed by atoms with Gasteiger partial charge in [-0.1, -0.05) is 11.6 Å². The zero-order valence-corrected chi connectivity index (χ0v) is 9.46. The summed E-state index contributed by atoms with van der Waals surface area (Å²) >= 11 is 11.6. The number of rotatable bonds is 3. The van der Waals surface area contributed by atoms with Crippen LogP contribution in [0.1, 0.15) is 0 Å². The molecule has 0 spiro atoms. The minimum Gasteiger partial charge on any atom is -0.383 e. The predicted molar refractivity (Wildman–Crippen MR) is 57.2 cm³/mol. The zero-order valence-electron chi connectivity index (χ0n) is 7.94. The Hall–Kier alpha value is -0.910. The van der Waals surface area contributed by atoms with Crippen LogP contribution in [0.2, 0.25) is 10.4 Å². The number of nitrogens with zero attached hydrogens (tertiary/aromatic N) is 4. The average Bonchev–Trinajstić information content (AvgIpc) is 2.58. The first kappa shape index (κ1) is 10.6. The monoisotopic (exact) mass is 246 g/mol. The molecule has 2 rings (SSSR count). The minimum absolute atomic E-state index is 0.117. The first-order valence-electron chi connectivity index (χ1n) is 4.25. The van der Waals surface area contributed by atoms with Gasteiger partial charge in [0.1, 0.15) is 5.52 Å². The highest BCUT2D eigenvalue weighted by atomic mass is 35.5. The van der Waals surface area contributed by atoms with E-state index in [-0.39, 0.29) is 10.4 Å². The molecule has 0 aliphatic rings. The van der Waals surface area contributed by atoms with Crippen molar-refractivity contribution in [2.75, 3.05) is 13.7 Å². The third kappa shape index (κ3) is 2.04. The summed E-state index contributed by atoms with van der Waals surface area (Å²) < 4.78 is 6.78. The van der Waals surface area contributed by atoms with Crippen LogP contribution in [-0.4, -0.2) is 33.2 Å². The molecule has 2 heterocycles. The summed E-state index contributed by atoms with van der Waals surface area (Å²) in [5.74, 6) is 0. The fraction of sp³-hybridized carbons (Fsp3) is 0.375. The number of halogens is 2. The Morgan fingerprint density at radius 1 is 1.40 bits per heavy atom. The Kier molecular flexibility index (Phi) is 3.04. The first-order chi connectivity index (χ1) is 7.22. The molecule has 7 heteroatoms. The van der Waals surface area contributed by atoms with Gasteiger partial charge >= 0.3 is 0 Å². The van der Waals surface area contributed by atoms with Crippen LogP contribution in [0.4, 0.5) is 0 Å². The molecule has 0 aromatic carbocycles. The Morgan fingerprint density at radius 2 is 2.20 bits per heavy atom. The Labute approximate surface area is 96.0 Å². The van der Waals surface area contributed by atoms with Crippen LogP contribution >= 0.6 is 23.2 Å². The summed E-state index contributed by atoms with van der Waals surface area (Å²) in [5.41, 5.74) is 1.18. The topological polar surface area (TPSA) is 52.8 Å². The molecule has 5 nitrogen and oxygen atoms in total. The van der Waals surface area contributed by atoms with Crippen LogP contribution in [0.3, 0.4) is 0 Å². The second kappa shape index (κ2) is 4.30. The van der Waals surface area contributed by atoms with E-state index in [1.807, 2.05) is 4.57 Å². The molecule has 0 fully saturated rings. The molecular weight excluding hydrogens is 239 g/mol. The maximum absolute atomic E-state index is 5.87. The predicted octanol–water partition coefficient (Wildman–Crippen LogP) is 1.78. The molecule has 0 saturated carbocycles. The van der Waals surface area contributed by atoms with Crippen molar-refractivity contribution in [3.8, 4) is 0 Å². The fourth-order valence-corrected chi connectivity index (χ4v) is 1.66. The van der Waals surface area contributed by atoms with Crippen molar-refractivity contribution < 1.29 is 4.74 Å². The normalized spacial score (nSPS) is 11.1. The summed E-state index contributed by atoms with van der Waals surface area (Å²) in [7, 11) is 1.63. The molecule has 0 unspecified atom stereocenters. The van der Waals surface area contributed by atoms with E-state index in [0.29, 0.717) is 24.3 Å². The molecule has 0 N–H and O–H groups in total. The number of methoxy groups -OCH3 is 1. The van der Waals surface area contributed by atoms with Crippen molar-refractivity contribution in [1.82, 2.24) is 19.5 Å². The van der Waals surface area contributed by atoms with E-state index in [4.69, 9.17) is 27.9 Å². The van der Waals surface area contributed by atoms with Crippen molar-refractivity contribution in [2.24, 2.45) is 0 Å². The van der Waals surface area contributed by atoms with Crippen molar-refractivity contribution in [2.45, 2.75) is 6.54 Å². The standard InChI is InChI=1S/C8H8Cl2N4O/c1-15-3-2-14-4-11-5-6(9)12-8(10)13-7(5)14/h4H,2-3H2,1H3. The number of fused-ring (bicyclic) bond motifs is 1. The van der Waals surface area contributed by atoms with Crippen molar-refractivity contribution in [1.29, 1.82) is 0 Å². The van der Waals surface area contributed by atoms with Gasteiger partial charge in [-0.25, -0.2) is 9.97 Å². The van der Waals surface area contributed by atoms with Gasteiger partial charge in [-0.3, -0.25) is 0 Å². The van der Waals surface area contributed by atoms with E-state index in [0.717, 1.165) is 0 Å². The molecule has 0 amide bonds. The molecule has 0 saturated heterocycles. The maximum atomic E-state index is 5.87. The van der Waals surface area contributed by atoms with Crippen LogP contribution in [0, 0.1) is 0 Å². The lowest BCUT2D eigenvalue weighted by atomic mass is 10.5.